The molecule has 3 heterocycles. The van der Waals surface area contributed by atoms with Crippen molar-refractivity contribution in [3.8, 4) is 11.7 Å². The van der Waals surface area contributed by atoms with Crippen LogP contribution >= 0.6 is 0 Å². The van der Waals surface area contributed by atoms with Crippen molar-refractivity contribution in [2.75, 3.05) is 13.1 Å². The zero-order valence-corrected chi connectivity index (χ0v) is 10.9. The normalized spacial score (nSPS) is 19.4. The summed E-state index contributed by atoms with van der Waals surface area (Å²) in [5.74, 6) is -0.385. The molecule has 0 radical (unpaired) electrons. The molecule has 110 valence electrons. The Kier molecular flexibility index (Phi) is 3.40. The molecule has 9 nitrogen and oxygen atoms in total. The molecule has 2 aromatic heterocycles. The maximum absolute atomic E-state index is 11.4. The van der Waals surface area contributed by atoms with Crippen molar-refractivity contribution in [3.63, 3.8) is 0 Å². The smallest absolute Gasteiger partial charge is 0.322 e. The fraction of sp³-hybridized carbons (Fsp3) is 0.333. The summed E-state index contributed by atoms with van der Waals surface area (Å²) in [6, 6.07) is 2.54. The average Bonchev–Trinajstić information content (AvgIpc) is 3.08. The average molecular weight is 292 g/mol. The third-order valence-corrected chi connectivity index (χ3v) is 3.10. The number of amides is 1. The lowest BCUT2D eigenvalue weighted by atomic mass is 10.2. The summed E-state index contributed by atoms with van der Waals surface area (Å²) in [5.41, 5.74) is 0. The topological polar surface area (TPSA) is 122 Å². The number of piperazine rings is 1. The minimum atomic E-state index is -1.01. The van der Waals surface area contributed by atoms with Crippen LogP contribution in [0.2, 0.25) is 0 Å². The summed E-state index contributed by atoms with van der Waals surface area (Å²) in [4.78, 5) is 24.0. The number of carboxylic acids is 1. The summed E-state index contributed by atoms with van der Waals surface area (Å²) in [6.45, 7) is 0.0981. The van der Waals surface area contributed by atoms with Crippen LogP contribution in [0.5, 0.6) is 0 Å². The Morgan fingerprint density at radius 2 is 2.38 bits per heavy atom. The second-order valence-corrected chi connectivity index (χ2v) is 4.54. The van der Waals surface area contributed by atoms with Gasteiger partial charge in [0, 0.05) is 6.54 Å². The molecule has 0 aliphatic carbocycles. The van der Waals surface area contributed by atoms with Crippen LogP contribution in [-0.4, -0.2) is 51.2 Å². The molecule has 0 bridgehead atoms. The molecule has 1 fully saturated rings. The third kappa shape index (κ3) is 2.77. The number of hydrogen-bond donors (Lipinski definition) is 2. The Balaban J connectivity index is 1.75. The van der Waals surface area contributed by atoms with Crippen molar-refractivity contribution < 1.29 is 23.5 Å². The first-order valence-electron chi connectivity index (χ1n) is 6.23. The van der Waals surface area contributed by atoms with Crippen LogP contribution in [0, 0.1) is 0 Å². The molecule has 1 aliphatic heterocycles. The predicted octanol–water partition coefficient (Wildman–Crippen LogP) is -0.285. The van der Waals surface area contributed by atoms with Crippen molar-refractivity contribution in [3.05, 3.63) is 24.3 Å². The number of nitrogens with zero attached hydrogens (tertiary/aromatic N) is 3. The van der Waals surface area contributed by atoms with Crippen LogP contribution in [-0.2, 0) is 16.1 Å². The first-order chi connectivity index (χ1) is 10.1. The molecular weight excluding hydrogens is 280 g/mol. The Morgan fingerprint density at radius 3 is 3.10 bits per heavy atom. The molecule has 2 aromatic rings. The Morgan fingerprint density at radius 1 is 1.52 bits per heavy atom. The Hall–Kier alpha value is -2.68. The van der Waals surface area contributed by atoms with E-state index >= 15 is 0 Å². The van der Waals surface area contributed by atoms with Gasteiger partial charge in [-0.25, -0.2) is 0 Å². The second kappa shape index (κ2) is 5.37. The number of aliphatic carboxylic acids is 1. The van der Waals surface area contributed by atoms with Crippen LogP contribution in [0.15, 0.2) is 27.2 Å². The van der Waals surface area contributed by atoms with Gasteiger partial charge in [0.1, 0.15) is 6.04 Å². The van der Waals surface area contributed by atoms with Gasteiger partial charge in [-0.15, -0.1) is 10.2 Å². The van der Waals surface area contributed by atoms with Gasteiger partial charge in [0.05, 0.1) is 19.4 Å². The highest BCUT2D eigenvalue weighted by molar-refractivity contribution is 5.83. The molecule has 1 amide bonds. The fourth-order valence-corrected chi connectivity index (χ4v) is 2.09. The lowest BCUT2D eigenvalue weighted by molar-refractivity contribution is -0.146. The van der Waals surface area contributed by atoms with Gasteiger partial charge in [0.15, 0.2) is 5.76 Å². The molecule has 9 heteroatoms. The molecule has 3 rings (SSSR count). The lowest BCUT2D eigenvalue weighted by Crippen LogP contribution is -2.56. The minimum Gasteiger partial charge on any atom is -0.480 e. The lowest BCUT2D eigenvalue weighted by Gasteiger charge is -2.31. The van der Waals surface area contributed by atoms with Crippen molar-refractivity contribution in [2.45, 2.75) is 12.6 Å². The van der Waals surface area contributed by atoms with E-state index in [0.29, 0.717) is 5.76 Å². The second-order valence-electron chi connectivity index (χ2n) is 4.54. The van der Waals surface area contributed by atoms with Gasteiger partial charge in [0.25, 0.3) is 5.89 Å². The van der Waals surface area contributed by atoms with E-state index in [-0.39, 0.29) is 37.3 Å². The van der Waals surface area contributed by atoms with Crippen LogP contribution in [0.4, 0.5) is 0 Å². The van der Waals surface area contributed by atoms with Crippen LogP contribution in [0.25, 0.3) is 11.7 Å². The molecule has 21 heavy (non-hydrogen) atoms. The van der Waals surface area contributed by atoms with Crippen LogP contribution in [0.3, 0.4) is 0 Å². The van der Waals surface area contributed by atoms with E-state index in [0.717, 1.165) is 0 Å². The highest BCUT2D eigenvalue weighted by Gasteiger charge is 2.33. The molecule has 0 spiro atoms. The summed E-state index contributed by atoms with van der Waals surface area (Å²) in [7, 11) is 0. The highest BCUT2D eigenvalue weighted by atomic mass is 16.4. The molecule has 1 saturated heterocycles. The van der Waals surface area contributed by atoms with E-state index in [4.69, 9.17) is 13.9 Å². The number of carbonyl (C=O) groups is 2. The number of nitrogens with one attached hydrogen (secondary N) is 1. The summed E-state index contributed by atoms with van der Waals surface area (Å²) in [6.07, 6.45) is 1.48. The summed E-state index contributed by atoms with van der Waals surface area (Å²) < 4.78 is 10.5. The highest BCUT2D eigenvalue weighted by Crippen LogP contribution is 2.19. The molecule has 1 aliphatic rings. The van der Waals surface area contributed by atoms with E-state index in [1.165, 1.54) is 11.2 Å². The quantitative estimate of drug-likeness (QED) is 0.788. The maximum Gasteiger partial charge on any atom is 0.322 e. The van der Waals surface area contributed by atoms with E-state index in [1.54, 1.807) is 12.1 Å². The van der Waals surface area contributed by atoms with Gasteiger partial charge in [-0.2, -0.15) is 0 Å². The Labute approximate surface area is 118 Å². The van der Waals surface area contributed by atoms with Gasteiger partial charge in [-0.05, 0) is 12.1 Å². The van der Waals surface area contributed by atoms with E-state index in [2.05, 4.69) is 15.5 Å². The fourth-order valence-electron chi connectivity index (χ4n) is 2.09. The molecule has 0 aromatic carbocycles. The standard InChI is InChI=1S/C12H12N4O5/c17-9-5-16(7(4-13-9)12(18)19)6-10-14-15-11(21-10)8-2-1-3-20-8/h1-3,7H,4-6H2,(H,13,17)(H,18,19). The third-order valence-electron chi connectivity index (χ3n) is 3.10. The monoisotopic (exact) mass is 292 g/mol. The molecule has 1 unspecified atom stereocenters. The van der Waals surface area contributed by atoms with Crippen molar-refractivity contribution in [1.82, 2.24) is 20.4 Å². The molecule has 0 saturated carbocycles. The van der Waals surface area contributed by atoms with Gasteiger partial charge in [-0.1, -0.05) is 0 Å². The largest absolute Gasteiger partial charge is 0.480 e. The predicted molar refractivity (Wildman–Crippen MR) is 66.8 cm³/mol. The van der Waals surface area contributed by atoms with Gasteiger partial charge < -0.3 is 19.3 Å². The number of carboxylic acid groups (broad SMARTS) is 1. The summed E-state index contributed by atoms with van der Waals surface area (Å²) >= 11 is 0. The zero-order valence-electron chi connectivity index (χ0n) is 10.9. The Bertz CT molecular complexity index is 650. The number of aromatic nitrogens is 2. The van der Waals surface area contributed by atoms with Crippen LogP contribution < -0.4 is 5.32 Å². The number of carbonyl (C=O) groups excluding carboxylic acids is 1. The number of rotatable bonds is 4. The van der Waals surface area contributed by atoms with E-state index in [9.17, 15) is 9.59 Å². The molecule has 1 atom stereocenters. The van der Waals surface area contributed by atoms with Gasteiger partial charge in [0.2, 0.25) is 11.8 Å². The van der Waals surface area contributed by atoms with Crippen molar-refractivity contribution >= 4 is 11.9 Å². The zero-order chi connectivity index (χ0) is 14.8. The SMILES string of the molecule is O=C1CN(Cc2nnc(-c3ccco3)o2)C(C(=O)O)CN1. The molecular formula is C12H12N4O5. The van der Waals surface area contributed by atoms with Crippen LogP contribution in [0.1, 0.15) is 5.89 Å². The van der Waals surface area contributed by atoms with Crippen molar-refractivity contribution in [1.29, 1.82) is 0 Å². The number of hydrogen-bond acceptors (Lipinski definition) is 7. The summed E-state index contributed by atoms with van der Waals surface area (Å²) in [5, 5.41) is 19.3. The van der Waals surface area contributed by atoms with Crippen molar-refractivity contribution in [2.24, 2.45) is 0 Å². The minimum absolute atomic E-state index is 0.0323. The van der Waals surface area contributed by atoms with E-state index in [1.807, 2.05) is 0 Å². The first kappa shape index (κ1) is 13.3. The first-order valence-corrected chi connectivity index (χ1v) is 6.23. The number of furan rings is 1. The van der Waals surface area contributed by atoms with Gasteiger partial charge >= 0.3 is 5.97 Å². The molecule has 2 N–H and O–H groups in total. The maximum atomic E-state index is 11.4. The van der Waals surface area contributed by atoms with E-state index < -0.39 is 12.0 Å². The van der Waals surface area contributed by atoms with Gasteiger partial charge in [-0.3, -0.25) is 14.5 Å².